The standard InChI is InChI=1S/C19H26N2O/c1-15(21(3)13-17-14-22-12-11-20(17)2)18-10-6-8-16-7-4-5-9-19(16)18/h4-10,15,17H,11-14H2,1-3H3/q+1/t15-,17?/m1/s1. The minimum Gasteiger partial charge on any atom is -0.369 e. The van der Waals surface area contributed by atoms with E-state index < -0.39 is 0 Å². The highest BCUT2D eigenvalue weighted by atomic mass is 16.5. The second-order valence-corrected chi connectivity index (χ2v) is 6.39. The number of hydrogen-bond donors (Lipinski definition) is 0. The summed E-state index contributed by atoms with van der Waals surface area (Å²) in [5.41, 5.74) is 1.40. The van der Waals surface area contributed by atoms with E-state index in [1.165, 1.54) is 16.3 Å². The molecule has 0 amide bonds. The van der Waals surface area contributed by atoms with Gasteiger partial charge in [0.25, 0.3) is 0 Å². The Morgan fingerprint density at radius 2 is 2.00 bits per heavy atom. The van der Waals surface area contributed by atoms with Gasteiger partial charge >= 0.3 is 0 Å². The summed E-state index contributed by atoms with van der Waals surface area (Å²) in [5, 5.41) is 2.68. The lowest BCUT2D eigenvalue weighted by molar-refractivity contribution is 0.0293. The van der Waals surface area contributed by atoms with Crippen molar-refractivity contribution in [3.63, 3.8) is 0 Å². The largest absolute Gasteiger partial charge is 0.369 e. The van der Waals surface area contributed by atoms with Crippen LogP contribution in [0.3, 0.4) is 0 Å². The van der Waals surface area contributed by atoms with Gasteiger partial charge in [0.1, 0.15) is 26.8 Å². The molecule has 3 rings (SSSR count). The molecule has 1 fully saturated rings. The Morgan fingerprint density at radius 3 is 2.82 bits per heavy atom. The SMILES string of the molecule is C[C@H](c1cccc2ccccc12)N(C)CC1COCC[N+]1C. The third-order valence-electron chi connectivity index (χ3n) is 4.96. The van der Waals surface area contributed by atoms with Crippen molar-refractivity contribution in [2.75, 3.05) is 40.4 Å². The lowest BCUT2D eigenvalue weighted by Gasteiger charge is -2.31. The summed E-state index contributed by atoms with van der Waals surface area (Å²) in [5.74, 6) is 0. The zero-order valence-electron chi connectivity index (χ0n) is 13.8. The molecule has 1 saturated heterocycles. The van der Waals surface area contributed by atoms with Crippen molar-refractivity contribution in [2.24, 2.45) is 0 Å². The summed E-state index contributed by atoms with van der Waals surface area (Å²) < 4.78 is 5.64. The van der Waals surface area contributed by atoms with Gasteiger partial charge in [-0.2, -0.15) is 4.90 Å². The molecule has 0 N–H and O–H groups in total. The first-order chi connectivity index (χ1) is 10.7. The monoisotopic (exact) mass is 298 g/mol. The van der Waals surface area contributed by atoms with Crippen LogP contribution < -0.4 is 4.90 Å². The Hall–Kier alpha value is -1.42. The average Bonchev–Trinajstić information content (AvgIpc) is 2.55. The van der Waals surface area contributed by atoms with Crippen LogP contribution in [-0.4, -0.2) is 51.3 Å². The molecule has 22 heavy (non-hydrogen) atoms. The Balaban J connectivity index is 1.78. The summed E-state index contributed by atoms with van der Waals surface area (Å²) in [7, 11) is 4.42. The first kappa shape index (κ1) is 15.5. The van der Waals surface area contributed by atoms with Crippen molar-refractivity contribution in [1.82, 2.24) is 9.80 Å². The minimum atomic E-state index is 0.390. The van der Waals surface area contributed by atoms with Gasteiger partial charge in [0.05, 0.1) is 6.54 Å². The van der Waals surface area contributed by atoms with E-state index in [0.717, 1.165) is 26.3 Å². The predicted octanol–water partition coefficient (Wildman–Crippen LogP) is 3.00. The van der Waals surface area contributed by atoms with Crippen LogP contribution in [0.4, 0.5) is 0 Å². The Morgan fingerprint density at radius 1 is 1.23 bits per heavy atom. The molecule has 0 saturated carbocycles. The van der Waals surface area contributed by atoms with Crippen molar-refractivity contribution in [2.45, 2.75) is 19.0 Å². The number of benzene rings is 2. The molecular weight excluding hydrogens is 272 g/mol. The van der Waals surface area contributed by atoms with E-state index in [4.69, 9.17) is 4.74 Å². The van der Waals surface area contributed by atoms with Gasteiger partial charge in [-0.1, -0.05) is 42.5 Å². The number of ether oxygens (including phenoxy) is 1. The van der Waals surface area contributed by atoms with E-state index in [1.807, 2.05) is 0 Å². The molecule has 2 aromatic carbocycles. The molecule has 0 bridgehead atoms. The number of rotatable bonds is 4. The smallest absolute Gasteiger partial charge is 0.168 e. The minimum absolute atomic E-state index is 0.390. The number of nitrogens with zero attached hydrogens (tertiary/aromatic N) is 2. The van der Waals surface area contributed by atoms with Crippen LogP contribution in [0.1, 0.15) is 18.5 Å². The highest BCUT2D eigenvalue weighted by molar-refractivity contribution is 5.86. The zero-order valence-corrected chi connectivity index (χ0v) is 13.8. The molecule has 0 aromatic heterocycles. The second-order valence-electron chi connectivity index (χ2n) is 6.39. The van der Waals surface area contributed by atoms with Gasteiger partial charge in [0, 0.05) is 6.04 Å². The van der Waals surface area contributed by atoms with Crippen LogP contribution in [-0.2, 0) is 4.74 Å². The molecule has 0 spiro atoms. The third kappa shape index (κ3) is 3.17. The Labute approximate surface area is 133 Å². The van der Waals surface area contributed by atoms with Crippen LogP contribution in [0.2, 0.25) is 0 Å². The van der Waals surface area contributed by atoms with Crippen LogP contribution in [0.5, 0.6) is 0 Å². The van der Waals surface area contributed by atoms with E-state index in [0.29, 0.717) is 12.1 Å². The lowest BCUT2D eigenvalue weighted by atomic mass is 9.98. The van der Waals surface area contributed by atoms with Crippen LogP contribution in [0.15, 0.2) is 42.5 Å². The van der Waals surface area contributed by atoms with Gasteiger partial charge in [-0.25, -0.2) is 0 Å². The maximum atomic E-state index is 5.64. The summed E-state index contributed by atoms with van der Waals surface area (Å²) in [4.78, 5) is 4.85. The molecule has 1 unspecified atom stereocenters. The lowest BCUT2D eigenvalue weighted by Crippen LogP contribution is -2.52. The maximum Gasteiger partial charge on any atom is 0.168 e. The Bertz CT molecular complexity index is 622. The normalized spacial score (nSPS) is 21.4. The quantitative estimate of drug-likeness (QED) is 0.808. The van der Waals surface area contributed by atoms with E-state index in [1.54, 1.807) is 0 Å². The molecule has 2 atom stereocenters. The topological polar surface area (TPSA) is 18.4 Å². The van der Waals surface area contributed by atoms with E-state index in [-0.39, 0.29) is 0 Å². The van der Waals surface area contributed by atoms with Crippen molar-refractivity contribution in [1.29, 1.82) is 0 Å². The van der Waals surface area contributed by atoms with Crippen LogP contribution in [0, 0.1) is 0 Å². The molecule has 2 aromatic rings. The molecular formula is C19H26N2O+. The third-order valence-corrected chi connectivity index (χ3v) is 4.96. The predicted molar refractivity (Wildman–Crippen MR) is 92.5 cm³/mol. The van der Waals surface area contributed by atoms with Gasteiger partial charge in [0.2, 0.25) is 0 Å². The molecule has 3 heteroatoms. The van der Waals surface area contributed by atoms with E-state index in [9.17, 15) is 0 Å². The van der Waals surface area contributed by atoms with Crippen LogP contribution >= 0.6 is 0 Å². The maximum absolute atomic E-state index is 5.64. The number of fused-ring (bicyclic) bond motifs is 1. The average molecular weight is 298 g/mol. The van der Waals surface area contributed by atoms with Crippen LogP contribution in [0.25, 0.3) is 10.8 Å². The molecule has 1 aliphatic heterocycles. The van der Waals surface area contributed by atoms with Crippen molar-refractivity contribution in [3.8, 4) is 0 Å². The number of morpholine rings is 1. The number of hydrogen-bond acceptors (Lipinski definition) is 3. The molecule has 117 valence electrons. The molecule has 3 nitrogen and oxygen atoms in total. The fourth-order valence-electron chi connectivity index (χ4n) is 3.27. The first-order valence-electron chi connectivity index (χ1n) is 8.12. The summed E-state index contributed by atoms with van der Waals surface area (Å²) in [6.07, 6.45) is 0. The van der Waals surface area contributed by atoms with Gasteiger partial charge in [-0.05, 0) is 30.3 Å². The summed E-state index contributed by atoms with van der Waals surface area (Å²) in [6.45, 7) is 6.05. The van der Waals surface area contributed by atoms with Gasteiger partial charge < -0.3 is 4.74 Å². The fraction of sp³-hybridized carbons (Fsp3) is 0.474. The molecule has 1 heterocycles. The second kappa shape index (κ2) is 6.78. The fourth-order valence-corrected chi connectivity index (χ4v) is 3.27. The Kier molecular flexibility index (Phi) is 4.77. The van der Waals surface area contributed by atoms with E-state index >= 15 is 0 Å². The van der Waals surface area contributed by atoms with Crippen molar-refractivity contribution < 1.29 is 4.74 Å². The van der Waals surface area contributed by atoms with Gasteiger partial charge in [0.15, 0.2) is 6.04 Å². The van der Waals surface area contributed by atoms with E-state index in [2.05, 4.69) is 73.3 Å². The molecule has 0 aliphatic carbocycles. The summed E-state index contributed by atoms with van der Waals surface area (Å²) in [6, 6.07) is 16.1. The number of likely N-dealkylation sites (N-methyl/N-ethyl adjacent to an activating group) is 2. The molecule has 1 aliphatic rings. The highest BCUT2D eigenvalue weighted by Gasteiger charge is 2.30. The van der Waals surface area contributed by atoms with Gasteiger partial charge in [-0.15, -0.1) is 0 Å². The van der Waals surface area contributed by atoms with Gasteiger partial charge in [-0.3, -0.25) is 4.90 Å². The first-order valence-corrected chi connectivity index (χ1v) is 8.12. The van der Waals surface area contributed by atoms with Crippen molar-refractivity contribution in [3.05, 3.63) is 48.0 Å². The highest BCUT2D eigenvalue weighted by Crippen LogP contribution is 2.27. The van der Waals surface area contributed by atoms with Crippen molar-refractivity contribution >= 4 is 10.8 Å². The summed E-state index contributed by atoms with van der Waals surface area (Å²) >= 11 is 0. The zero-order chi connectivity index (χ0) is 15.5. The molecule has 1 radical (unpaired) electrons.